The van der Waals surface area contributed by atoms with E-state index in [0.717, 1.165) is 35.8 Å². The average Bonchev–Trinajstić information content (AvgIpc) is 3.40. The van der Waals surface area contributed by atoms with E-state index in [1.807, 2.05) is 18.5 Å². The molecule has 0 radical (unpaired) electrons. The predicted molar refractivity (Wildman–Crippen MR) is 110 cm³/mol. The van der Waals surface area contributed by atoms with Crippen LogP contribution in [0.5, 0.6) is 0 Å². The van der Waals surface area contributed by atoms with Gasteiger partial charge in [0, 0.05) is 38.4 Å². The normalized spacial score (nSPS) is 25.7. The van der Waals surface area contributed by atoms with Gasteiger partial charge < -0.3 is 15.2 Å². The van der Waals surface area contributed by atoms with E-state index in [9.17, 15) is 19.2 Å². The van der Waals surface area contributed by atoms with E-state index in [1.165, 1.54) is 0 Å². The van der Waals surface area contributed by atoms with E-state index in [2.05, 4.69) is 25.5 Å². The molecule has 4 aliphatic heterocycles. The second-order valence-corrected chi connectivity index (χ2v) is 8.95. The van der Waals surface area contributed by atoms with Gasteiger partial charge in [0.25, 0.3) is 11.8 Å². The molecule has 4 aliphatic rings. The Morgan fingerprint density at radius 3 is 2.69 bits per heavy atom. The van der Waals surface area contributed by atoms with E-state index in [4.69, 9.17) is 0 Å². The van der Waals surface area contributed by atoms with E-state index in [1.54, 1.807) is 12.1 Å². The molecule has 164 valence electrons. The number of benzene rings is 1. The van der Waals surface area contributed by atoms with Gasteiger partial charge in [0.1, 0.15) is 11.9 Å². The van der Waals surface area contributed by atoms with Crippen LogP contribution in [0.25, 0.3) is 0 Å². The van der Waals surface area contributed by atoms with Crippen LogP contribution in [0.4, 0.5) is 0 Å². The summed E-state index contributed by atoms with van der Waals surface area (Å²) in [6.45, 7) is 2.38. The van der Waals surface area contributed by atoms with Gasteiger partial charge in [0.2, 0.25) is 11.8 Å². The molecule has 2 aromatic rings. The maximum Gasteiger partial charge on any atom is 0.262 e. The molecule has 10 nitrogen and oxygen atoms in total. The number of hydrogen-bond acceptors (Lipinski definition) is 7. The highest BCUT2D eigenvalue weighted by Gasteiger charge is 2.48. The van der Waals surface area contributed by atoms with Crippen molar-refractivity contribution in [3.8, 4) is 0 Å². The van der Waals surface area contributed by atoms with E-state index >= 15 is 0 Å². The number of nitrogens with one attached hydrogen (secondary N) is 3. The van der Waals surface area contributed by atoms with E-state index in [-0.39, 0.29) is 30.3 Å². The van der Waals surface area contributed by atoms with Crippen LogP contribution in [0.15, 0.2) is 30.6 Å². The fourth-order valence-corrected chi connectivity index (χ4v) is 5.30. The minimum atomic E-state index is -0.952. The largest absolute Gasteiger partial charge is 0.325 e. The van der Waals surface area contributed by atoms with Crippen molar-refractivity contribution in [1.29, 1.82) is 0 Å². The number of fused-ring (bicyclic) bond motifs is 3. The summed E-state index contributed by atoms with van der Waals surface area (Å²) in [5.41, 5.74) is 1.55. The molecule has 2 fully saturated rings. The van der Waals surface area contributed by atoms with Gasteiger partial charge in [-0.3, -0.25) is 29.4 Å². The third-order valence-electron chi connectivity index (χ3n) is 7.04. The zero-order valence-electron chi connectivity index (χ0n) is 17.3. The van der Waals surface area contributed by atoms with Gasteiger partial charge in [0.05, 0.1) is 22.7 Å². The number of aromatic nitrogens is 2. The van der Waals surface area contributed by atoms with Crippen molar-refractivity contribution in [2.45, 2.75) is 43.4 Å². The number of imidazole rings is 1. The minimum Gasteiger partial charge on any atom is -0.325 e. The predicted octanol–water partition coefficient (Wildman–Crippen LogP) is -0.183. The first-order chi connectivity index (χ1) is 15.5. The Balaban J connectivity index is 1.19. The van der Waals surface area contributed by atoms with Gasteiger partial charge in [-0.25, -0.2) is 4.98 Å². The first-order valence-corrected chi connectivity index (χ1v) is 10.8. The van der Waals surface area contributed by atoms with Crippen molar-refractivity contribution in [2.24, 2.45) is 0 Å². The summed E-state index contributed by atoms with van der Waals surface area (Å²) in [5.74, 6) is -0.950. The monoisotopic (exact) mass is 434 g/mol. The zero-order chi connectivity index (χ0) is 22.0. The average molecular weight is 434 g/mol. The van der Waals surface area contributed by atoms with Crippen molar-refractivity contribution in [3.63, 3.8) is 0 Å². The number of carbonyl (C=O) groups excluding carboxylic acids is 4. The standard InChI is InChI=1S/C22H22N6O4/c29-17-4-3-16(19(30)26-17)28-20(31)13-2-1-12(7-14(13)21(28)32)9-25-15-8-22(10-23-11-22)27-6-5-24-18(15)27/h1-2,5-7,15-16,23,25H,3-4,8-11H2,(H,26,29,30). The quantitative estimate of drug-likeness (QED) is 0.570. The molecule has 32 heavy (non-hydrogen) atoms. The Morgan fingerprint density at radius 1 is 1.12 bits per heavy atom. The molecule has 5 heterocycles. The number of hydrogen-bond donors (Lipinski definition) is 3. The van der Waals surface area contributed by atoms with Crippen LogP contribution in [0.3, 0.4) is 0 Å². The lowest BCUT2D eigenvalue weighted by molar-refractivity contribution is -0.136. The highest BCUT2D eigenvalue weighted by Crippen LogP contribution is 2.41. The fraction of sp³-hybridized carbons (Fsp3) is 0.409. The molecule has 1 aromatic heterocycles. The molecule has 0 bridgehead atoms. The molecule has 3 N–H and O–H groups in total. The summed E-state index contributed by atoms with van der Waals surface area (Å²) in [6.07, 6.45) is 5.06. The van der Waals surface area contributed by atoms with Crippen LogP contribution in [0, 0.1) is 0 Å². The van der Waals surface area contributed by atoms with Crippen LogP contribution >= 0.6 is 0 Å². The van der Waals surface area contributed by atoms with Crippen LogP contribution in [-0.2, 0) is 21.7 Å². The number of carbonyl (C=O) groups is 4. The molecule has 1 aromatic carbocycles. The Labute approximate surface area is 183 Å². The summed E-state index contributed by atoms with van der Waals surface area (Å²) in [6, 6.07) is 4.35. The minimum absolute atomic E-state index is 0.0896. The second kappa shape index (κ2) is 6.81. The summed E-state index contributed by atoms with van der Waals surface area (Å²) in [4.78, 5) is 55.0. The van der Waals surface area contributed by atoms with E-state index < -0.39 is 23.8 Å². The molecule has 0 saturated carbocycles. The first kappa shape index (κ1) is 19.3. The fourth-order valence-electron chi connectivity index (χ4n) is 5.30. The number of imide groups is 2. The maximum absolute atomic E-state index is 13.0. The first-order valence-electron chi connectivity index (χ1n) is 10.8. The zero-order valence-corrected chi connectivity index (χ0v) is 17.3. The lowest BCUT2D eigenvalue weighted by Crippen LogP contribution is -2.58. The maximum atomic E-state index is 13.0. The smallest absolute Gasteiger partial charge is 0.262 e. The van der Waals surface area contributed by atoms with E-state index in [0.29, 0.717) is 17.7 Å². The Bertz CT molecular complexity index is 1180. The van der Waals surface area contributed by atoms with Crippen molar-refractivity contribution in [2.75, 3.05) is 13.1 Å². The number of amides is 4. The van der Waals surface area contributed by atoms with Crippen LogP contribution in [0.1, 0.15) is 57.4 Å². The van der Waals surface area contributed by atoms with Gasteiger partial charge in [-0.2, -0.15) is 0 Å². The lowest BCUT2D eigenvalue weighted by atomic mass is 9.88. The topological polar surface area (TPSA) is 125 Å². The molecule has 2 atom stereocenters. The summed E-state index contributed by atoms with van der Waals surface area (Å²) < 4.78 is 2.25. The number of piperidine rings is 1. The Hall–Kier alpha value is -3.37. The molecule has 2 saturated heterocycles. The summed E-state index contributed by atoms with van der Waals surface area (Å²) in [5, 5.41) is 9.10. The van der Waals surface area contributed by atoms with Crippen LogP contribution in [0.2, 0.25) is 0 Å². The Kier molecular flexibility index (Phi) is 4.11. The molecule has 10 heteroatoms. The van der Waals surface area contributed by atoms with Crippen molar-refractivity contribution in [1.82, 2.24) is 30.4 Å². The van der Waals surface area contributed by atoms with Crippen molar-refractivity contribution in [3.05, 3.63) is 53.1 Å². The van der Waals surface area contributed by atoms with Crippen molar-refractivity contribution >= 4 is 23.6 Å². The lowest BCUT2D eigenvalue weighted by Gasteiger charge is -2.41. The Morgan fingerprint density at radius 2 is 1.94 bits per heavy atom. The number of rotatable bonds is 4. The summed E-state index contributed by atoms with van der Waals surface area (Å²) in [7, 11) is 0. The highest BCUT2D eigenvalue weighted by molar-refractivity contribution is 6.23. The molecule has 2 unspecified atom stereocenters. The van der Waals surface area contributed by atoms with Gasteiger partial charge in [0.15, 0.2) is 0 Å². The third-order valence-corrected chi connectivity index (χ3v) is 7.04. The van der Waals surface area contributed by atoms with Crippen molar-refractivity contribution < 1.29 is 19.2 Å². The van der Waals surface area contributed by atoms with Gasteiger partial charge in [-0.05, 0) is 30.5 Å². The second-order valence-electron chi connectivity index (χ2n) is 8.95. The van der Waals surface area contributed by atoms with Crippen LogP contribution in [-0.4, -0.2) is 57.2 Å². The van der Waals surface area contributed by atoms with Gasteiger partial charge in [-0.15, -0.1) is 0 Å². The molecule has 0 aliphatic carbocycles. The molecule has 1 spiro atoms. The molecule has 4 amide bonds. The third kappa shape index (κ3) is 2.69. The summed E-state index contributed by atoms with van der Waals surface area (Å²) >= 11 is 0. The highest BCUT2D eigenvalue weighted by atomic mass is 16.2. The molecular formula is C22H22N6O4. The number of nitrogens with zero attached hydrogens (tertiary/aromatic N) is 3. The SMILES string of the molecule is O=C1CCC(N2C(=O)c3ccc(CNC4CC5(CNC5)n5ccnc54)cc3C2=O)C(=O)N1. The van der Waals surface area contributed by atoms with Gasteiger partial charge >= 0.3 is 0 Å². The van der Waals surface area contributed by atoms with Gasteiger partial charge in [-0.1, -0.05) is 6.07 Å². The molecular weight excluding hydrogens is 412 g/mol. The molecule has 6 rings (SSSR count). The van der Waals surface area contributed by atoms with Crippen LogP contribution < -0.4 is 16.0 Å².